The van der Waals surface area contributed by atoms with Gasteiger partial charge in [0.05, 0.1) is 5.54 Å². The Morgan fingerprint density at radius 2 is 2.17 bits per heavy atom. The second kappa shape index (κ2) is 2.73. The van der Waals surface area contributed by atoms with Crippen LogP contribution in [-0.4, -0.2) is 18.0 Å². The molecule has 0 bridgehead atoms. The molecule has 0 aromatic heterocycles. The zero-order valence-electron chi connectivity index (χ0n) is 7.31. The lowest BCUT2D eigenvalue weighted by atomic mass is 9.85. The van der Waals surface area contributed by atoms with Gasteiger partial charge in [-0.2, -0.15) is 0 Å². The molecule has 3 nitrogen and oxygen atoms in total. The van der Waals surface area contributed by atoms with Crippen LogP contribution in [0.4, 0.5) is 0 Å². The van der Waals surface area contributed by atoms with Crippen LogP contribution in [0.3, 0.4) is 0 Å². The van der Waals surface area contributed by atoms with Crippen molar-refractivity contribution in [2.75, 3.05) is 6.54 Å². The van der Waals surface area contributed by atoms with E-state index < -0.39 is 5.54 Å². The summed E-state index contributed by atoms with van der Waals surface area (Å²) in [5, 5.41) is 2.92. The van der Waals surface area contributed by atoms with Crippen molar-refractivity contribution < 1.29 is 4.79 Å². The first-order valence-electron chi connectivity index (χ1n) is 4.78. The van der Waals surface area contributed by atoms with E-state index in [1.807, 2.05) is 0 Å². The molecule has 0 aromatic carbocycles. The van der Waals surface area contributed by atoms with Gasteiger partial charge in [0.2, 0.25) is 5.91 Å². The van der Waals surface area contributed by atoms with Crippen molar-refractivity contribution in [3.8, 4) is 0 Å². The van der Waals surface area contributed by atoms with Gasteiger partial charge in [-0.3, -0.25) is 4.79 Å². The molecule has 0 aliphatic heterocycles. The molecule has 2 rings (SSSR count). The molecule has 3 N–H and O–H groups in total. The molecule has 12 heavy (non-hydrogen) atoms. The number of carbonyl (C=O) groups is 1. The monoisotopic (exact) mass is 168 g/mol. The Labute approximate surface area is 72.7 Å². The van der Waals surface area contributed by atoms with Crippen LogP contribution in [-0.2, 0) is 4.79 Å². The van der Waals surface area contributed by atoms with Crippen LogP contribution in [0.25, 0.3) is 0 Å². The molecular weight excluding hydrogens is 152 g/mol. The maximum atomic E-state index is 11.3. The highest BCUT2D eigenvalue weighted by molar-refractivity contribution is 5.88. The van der Waals surface area contributed by atoms with Crippen molar-refractivity contribution in [2.24, 2.45) is 11.7 Å². The van der Waals surface area contributed by atoms with E-state index in [9.17, 15) is 4.79 Å². The molecule has 0 atom stereocenters. The Hall–Kier alpha value is -0.570. The molecule has 3 heteroatoms. The third-order valence-corrected chi connectivity index (χ3v) is 3.02. The van der Waals surface area contributed by atoms with Crippen LogP contribution in [0, 0.1) is 5.92 Å². The third kappa shape index (κ3) is 1.46. The Bertz CT molecular complexity index is 195. The van der Waals surface area contributed by atoms with Crippen LogP contribution in [0.2, 0.25) is 0 Å². The number of rotatable bonds is 3. The highest BCUT2D eigenvalue weighted by Gasteiger charge is 2.45. The molecule has 0 spiro atoms. The summed E-state index contributed by atoms with van der Waals surface area (Å²) in [6.07, 6.45) is 5.61. The fraction of sp³-hybridized carbons (Fsp3) is 0.889. The van der Waals surface area contributed by atoms with Crippen molar-refractivity contribution in [1.82, 2.24) is 5.32 Å². The van der Waals surface area contributed by atoms with E-state index in [-0.39, 0.29) is 5.91 Å². The molecule has 68 valence electrons. The Morgan fingerprint density at radius 1 is 1.50 bits per heavy atom. The highest BCUT2D eigenvalue weighted by Crippen LogP contribution is 2.32. The first-order chi connectivity index (χ1) is 5.71. The van der Waals surface area contributed by atoms with Gasteiger partial charge in [-0.15, -0.1) is 0 Å². The lowest BCUT2D eigenvalue weighted by Gasteiger charge is -2.25. The largest absolute Gasteiger partial charge is 0.354 e. The maximum Gasteiger partial charge on any atom is 0.240 e. The van der Waals surface area contributed by atoms with Crippen molar-refractivity contribution in [3.05, 3.63) is 0 Å². The van der Waals surface area contributed by atoms with Gasteiger partial charge in [0.1, 0.15) is 0 Å². The Balaban J connectivity index is 1.68. The fourth-order valence-electron chi connectivity index (χ4n) is 1.47. The van der Waals surface area contributed by atoms with Gasteiger partial charge >= 0.3 is 0 Å². The molecule has 0 radical (unpaired) electrons. The van der Waals surface area contributed by atoms with Gasteiger partial charge in [0.25, 0.3) is 0 Å². The molecule has 2 saturated carbocycles. The minimum absolute atomic E-state index is 0.0643. The SMILES string of the molecule is NC1(C(=O)NCC2CCC2)CC1. The first kappa shape index (κ1) is 8.05. The smallest absolute Gasteiger partial charge is 0.240 e. The van der Waals surface area contributed by atoms with E-state index in [1.165, 1.54) is 19.3 Å². The summed E-state index contributed by atoms with van der Waals surface area (Å²) in [7, 11) is 0. The van der Waals surface area contributed by atoms with Crippen molar-refractivity contribution in [1.29, 1.82) is 0 Å². The van der Waals surface area contributed by atoms with Crippen LogP contribution < -0.4 is 11.1 Å². The summed E-state index contributed by atoms with van der Waals surface area (Å²) < 4.78 is 0. The van der Waals surface area contributed by atoms with Gasteiger partial charge in [-0.25, -0.2) is 0 Å². The standard InChI is InChI=1S/C9H16N2O/c10-9(4-5-9)8(12)11-6-7-2-1-3-7/h7H,1-6,10H2,(H,11,12). The molecule has 0 aromatic rings. The van der Waals surface area contributed by atoms with Gasteiger partial charge in [0.15, 0.2) is 0 Å². The van der Waals surface area contributed by atoms with Crippen LogP contribution in [0.15, 0.2) is 0 Å². The number of nitrogens with one attached hydrogen (secondary N) is 1. The maximum absolute atomic E-state index is 11.3. The number of hydrogen-bond acceptors (Lipinski definition) is 2. The summed E-state index contributed by atoms with van der Waals surface area (Å²) in [4.78, 5) is 11.3. The summed E-state index contributed by atoms with van der Waals surface area (Å²) in [5.41, 5.74) is 5.24. The van der Waals surface area contributed by atoms with E-state index in [2.05, 4.69) is 5.32 Å². The summed E-state index contributed by atoms with van der Waals surface area (Å²) >= 11 is 0. The normalized spacial score (nSPS) is 26.1. The van der Waals surface area contributed by atoms with E-state index in [1.54, 1.807) is 0 Å². The minimum Gasteiger partial charge on any atom is -0.354 e. The summed E-state index contributed by atoms with van der Waals surface area (Å²) in [6.45, 7) is 0.845. The van der Waals surface area contributed by atoms with Crippen LogP contribution in [0.1, 0.15) is 32.1 Å². The lowest BCUT2D eigenvalue weighted by molar-refractivity contribution is -0.123. The third-order valence-electron chi connectivity index (χ3n) is 3.02. The average molecular weight is 168 g/mol. The van der Waals surface area contributed by atoms with E-state index in [0.29, 0.717) is 0 Å². The molecule has 2 aliphatic rings. The molecular formula is C9H16N2O. The molecule has 2 fully saturated rings. The summed E-state index contributed by atoms with van der Waals surface area (Å²) in [5.74, 6) is 0.797. The van der Waals surface area contributed by atoms with Gasteiger partial charge < -0.3 is 11.1 Å². The number of hydrogen-bond donors (Lipinski definition) is 2. The predicted octanol–water partition coefficient (Wildman–Crippen LogP) is 0.394. The Kier molecular flexibility index (Phi) is 1.83. The second-order valence-corrected chi connectivity index (χ2v) is 4.16. The molecule has 2 aliphatic carbocycles. The molecule has 1 amide bonds. The van der Waals surface area contributed by atoms with Crippen molar-refractivity contribution in [2.45, 2.75) is 37.6 Å². The van der Waals surface area contributed by atoms with E-state index >= 15 is 0 Å². The van der Waals surface area contributed by atoms with Gasteiger partial charge in [-0.1, -0.05) is 6.42 Å². The quantitative estimate of drug-likeness (QED) is 0.640. The van der Waals surface area contributed by atoms with Crippen LogP contribution >= 0.6 is 0 Å². The minimum atomic E-state index is -0.482. The number of nitrogens with two attached hydrogens (primary N) is 1. The zero-order valence-corrected chi connectivity index (χ0v) is 7.31. The van der Waals surface area contributed by atoms with E-state index in [0.717, 1.165) is 25.3 Å². The topological polar surface area (TPSA) is 55.1 Å². The van der Waals surface area contributed by atoms with Gasteiger partial charge in [0, 0.05) is 6.54 Å². The van der Waals surface area contributed by atoms with E-state index in [4.69, 9.17) is 5.73 Å². The highest BCUT2D eigenvalue weighted by atomic mass is 16.2. The predicted molar refractivity (Wildman–Crippen MR) is 46.5 cm³/mol. The number of amides is 1. The second-order valence-electron chi connectivity index (χ2n) is 4.16. The van der Waals surface area contributed by atoms with Gasteiger partial charge in [-0.05, 0) is 31.6 Å². The summed E-state index contributed by atoms with van der Waals surface area (Å²) in [6, 6.07) is 0. The van der Waals surface area contributed by atoms with Crippen LogP contribution in [0.5, 0.6) is 0 Å². The average Bonchev–Trinajstić information content (AvgIpc) is 2.66. The Morgan fingerprint density at radius 3 is 2.58 bits per heavy atom. The lowest BCUT2D eigenvalue weighted by Crippen LogP contribution is -2.45. The molecule has 0 heterocycles. The molecule has 0 unspecified atom stereocenters. The van der Waals surface area contributed by atoms with Crippen molar-refractivity contribution >= 4 is 5.91 Å². The van der Waals surface area contributed by atoms with Crippen molar-refractivity contribution in [3.63, 3.8) is 0 Å². The zero-order chi connectivity index (χ0) is 8.60. The molecule has 0 saturated heterocycles. The number of carbonyl (C=O) groups excluding carboxylic acids is 1. The first-order valence-corrected chi connectivity index (χ1v) is 4.78. The fourth-order valence-corrected chi connectivity index (χ4v) is 1.47.